The molecular formula is C15H10N2O4. The van der Waals surface area contributed by atoms with Crippen LogP contribution in [-0.2, 0) is 14.5 Å². The van der Waals surface area contributed by atoms with E-state index >= 15 is 0 Å². The molecule has 0 bridgehead atoms. The molecule has 1 N–H and O–H groups in total. The van der Waals surface area contributed by atoms with E-state index < -0.39 is 6.10 Å². The van der Waals surface area contributed by atoms with Crippen molar-refractivity contribution in [2.24, 2.45) is 9.98 Å². The van der Waals surface area contributed by atoms with E-state index in [1.807, 2.05) is 0 Å². The lowest BCUT2D eigenvalue weighted by atomic mass is 10.0. The predicted molar refractivity (Wildman–Crippen MR) is 74.0 cm³/mol. The first-order valence-corrected chi connectivity index (χ1v) is 5.94. The van der Waals surface area contributed by atoms with E-state index in [0.717, 1.165) is 0 Å². The van der Waals surface area contributed by atoms with Crippen LogP contribution in [0.25, 0.3) is 0 Å². The molecule has 0 aliphatic carbocycles. The molecule has 0 heterocycles. The predicted octanol–water partition coefficient (Wildman–Crippen LogP) is 3.20. The number of isocyanates is 2. The Morgan fingerprint density at radius 2 is 1.19 bits per heavy atom. The average Bonchev–Trinajstić information content (AvgIpc) is 2.52. The van der Waals surface area contributed by atoms with Gasteiger partial charge < -0.3 is 0 Å². The molecule has 0 aliphatic heterocycles. The Morgan fingerprint density at radius 3 is 1.48 bits per heavy atom. The van der Waals surface area contributed by atoms with Gasteiger partial charge in [-0.25, -0.2) is 14.5 Å². The van der Waals surface area contributed by atoms with Gasteiger partial charge in [-0.2, -0.15) is 9.98 Å². The van der Waals surface area contributed by atoms with Crippen molar-refractivity contribution in [3.8, 4) is 0 Å². The summed E-state index contributed by atoms with van der Waals surface area (Å²) in [6.07, 6.45) is 2.20. The molecule has 104 valence electrons. The molecule has 21 heavy (non-hydrogen) atoms. The number of hydrogen-bond donors (Lipinski definition) is 1. The van der Waals surface area contributed by atoms with Gasteiger partial charge in [0.05, 0.1) is 11.4 Å². The first-order chi connectivity index (χ1) is 10.3. The molecule has 6 nitrogen and oxygen atoms in total. The Labute approximate surface area is 120 Å². The monoisotopic (exact) mass is 282 g/mol. The number of hydrogen-bond acceptors (Lipinski definition) is 6. The van der Waals surface area contributed by atoms with Crippen LogP contribution in [0.1, 0.15) is 17.2 Å². The van der Waals surface area contributed by atoms with Crippen LogP contribution in [0.5, 0.6) is 0 Å². The Bertz CT molecular complexity index is 636. The van der Waals surface area contributed by atoms with Crippen LogP contribution in [0, 0.1) is 0 Å². The highest BCUT2D eigenvalue weighted by molar-refractivity contribution is 5.51. The summed E-state index contributed by atoms with van der Waals surface area (Å²) in [6, 6.07) is 13.1. The number of aliphatic imine (C=N–C) groups is 2. The van der Waals surface area contributed by atoms with Gasteiger partial charge in [-0.1, -0.05) is 24.3 Å². The minimum absolute atomic E-state index is 0.459. The molecule has 0 saturated heterocycles. The summed E-state index contributed by atoms with van der Waals surface area (Å²) in [5, 5.41) is 9.11. The van der Waals surface area contributed by atoms with Crippen LogP contribution >= 0.6 is 0 Å². The maximum Gasteiger partial charge on any atom is 0.240 e. The van der Waals surface area contributed by atoms with Crippen LogP contribution in [0.4, 0.5) is 11.4 Å². The molecule has 0 fully saturated rings. The minimum atomic E-state index is -0.700. The summed E-state index contributed by atoms with van der Waals surface area (Å²) in [5.74, 6) is 0. The number of rotatable bonds is 5. The molecule has 0 spiro atoms. The third-order valence-electron chi connectivity index (χ3n) is 2.85. The summed E-state index contributed by atoms with van der Waals surface area (Å²) in [4.78, 5) is 31.8. The van der Waals surface area contributed by atoms with Crippen molar-refractivity contribution in [2.45, 2.75) is 6.10 Å². The van der Waals surface area contributed by atoms with Gasteiger partial charge in [-0.05, 0) is 35.4 Å². The Balaban J connectivity index is 2.29. The smallest absolute Gasteiger partial charge is 0.240 e. The lowest BCUT2D eigenvalue weighted by molar-refractivity contribution is -0.270. The number of benzene rings is 2. The normalized spacial score (nSPS) is 11.1. The van der Waals surface area contributed by atoms with Gasteiger partial charge in [0.25, 0.3) is 0 Å². The third-order valence-corrected chi connectivity index (χ3v) is 2.85. The van der Waals surface area contributed by atoms with E-state index in [1.165, 1.54) is 12.2 Å². The van der Waals surface area contributed by atoms with Crippen molar-refractivity contribution in [3.05, 3.63) is 59.7 Å². The summed E-state index contributed by atoms with van der Waals surface area (Å²) >= 11 is 0. The SMILES string of the molecule is O=C=Nc1ccc(C(OO)c2ccc(N=C=O)cc2)cc1. The van der Waals surface area contributed by atoms with Crippen molar-refractivity contribution in [3.63, 3.8) is 0 Å². The highest BCUT2D eigenvalue weighted by Crippen LogP contribution is 2.28. The largest absolute Gasteiger partial charge is 0.251 e. The van der Waals surface area contributed by atoms with E-state index in [9.17, 15) is 9.59 Å². The van der Waals surface area contributed by atoms with Gasteiger partial charge in [-0.3, -0.25) is 5.26 Å². The molecule has 0 atom stereocenters. The van der Waals surface area contributed by atoms with E-state index in [-0.39, 0.29) is 0 Å². The van der Waals surface area contributed by atoms with Crippen molar-refractivity contribution >= 4 is 23.5 Å². The maximum atomic E-state index is 10.2. The lowest BCUT2D eigenvalue weighted by Gasteiger charge is -2.14. The molecular weight excluding hydrogens is 272 g/mol. The van der Waals surface area contributed by atoms with Crippen LogP contribution in [0.2, 0.25) is 0 Å². The van der Waals surface area contributed by atoms with Gasteiger partial charge in [0, 0.05) is 0 Å². The first-order valence-electron chi connectivity index (χ1n) is 5.94. The van der Waals surface area contributed by atoms with Crippen LogP contribution in [0.15, 0.2) is 58.5 Å². The topological polar surface area (TPSA) is 88.3 Å². The quantitative estimate of drug-likeness (QED) is 0.394. The van der Waals surface area contributed by atoms with E-state index in [2.05, 4.69) is 14.9 Å². The summed E-state index contributed by atoms with van der Waals surface area (Å²) in [5.41, 5.74) is 2.27. The molecule has 2 rings (SSSR count). The van der Waals surface area contributed by atoms with Gasteiger partial charge >= 0.3 is 0 Å². The van der Waals surface area contributed by atoms with Crippen LogP contribution in [-0.4, -0.2) is 17.4 Å². The van der Waals surface area contributed by atoms with E-state index in [4.69, 9.17) is 5.26 Å². The summed E-state index contributed by atoms with van der Waals surface area (Å²) < 4.78 is 0. The molecule has 0 amide bonds. The zero-order valence-corrected chi connectivity index (χ0v) is 10.8. The molecule has 2 aromatic rings. The minimum Gasteiger partial charge on any atom is -0.251 e. The molecule has 0 aliphatic rings. The third kappa shape index (κ3) is 3.57. The summed E-state index contributed by atoms with van der Waals surface area (Å²) in [7, 11) is 0. The van der Waals surface area contributed by atoms with Gasteiger partial charge in [0.1, 0.15) is 6.10 Å². The molecule has 0 radical (unpaired) electrons. The second kappa shape index (κ2) is 7.05. The highest BCUT2D eigenvalue weighted by atomic mass is 17.1. The lowest BCUT2D eigenvalue weighted by Crippen LogP contribution is -2.03. The molecule has 0 unspecified atom stereocenters. The maximum absolute atomic E-state index is 10.2. The molecule has 2 aromatic carbocycles. The van der Waals surface area contributed by atoms with Gasteiger partial charge in [-0.15, -0.1) is 0 Å². The molecule has 0 aromatic heterocycles. The summed E-state index contributed by atoms with van der Waals surface area (Å²) in [6.45, 7) is 0. The standard InChI is InChI=1S/C15H10N2O4/c18-9-16-13-5-1-11(2-6-13)15(21-20)12-3-7-14(8-4-12)17-10-19/h1-8,15,20H. The van der Waals surface area contributed by atoms with Crippen molar-refractivity contribution < 1.29 is 19.7 Å². The fourth-order valence-corrected chi connectivity index (χ4v) is 1.87. The van der Waals surface area contributed by atoms with E-state index in [1.54, 1.807) is 48.5 Å². The number of nitrogens with zero attached hydrogens (tertiary/aromatic N) is 2. The fraction of sp³-hybridized carbons (Fsp3) is 0.0667. The molecule has 6 heteroatoms. The Morgan fingerprint density at radius 1 is 0.810 bits per heavy atom. The molecule has 0 saturated carbocycles. The first kappa shape index (κ1) is 14.5. The van der Waals surface area contributed by atoms with E-state index in [0.29, 0.717) is 22.5 Å². The Hall–Kier alpha value is -2.88. The van der Waals surface area contributed by atoms with Crippen LogP contribution in [0.3, 0.4) is 0 Å². The van der Waals surface area contributed by atoms with Gasteiger partial charge in [0.2, 0.25) is 12.2 Å². The van der Waals surface area contributed by atoms with Crippen molar-refractivity contribution in [2.75, 3.05) is 0 Å². The highest BCUT2D eigenvalue weighted by Gasteiger charge is 2.14. The Kier molecular flexibility index (Phi) is 4.88. The van der Waals surface area contributed by atoms with Crippen molar-refractivity contribution in [1.29, 1.82) is 0 Å². The second-order valence-electron chi connectivity index (χ2n) is 4.07. The zero-order valence-electron chi connectivity index (χ0n) is 10.8. The number of carbonyl (C=O) groups excluding carboxylic acids is 2. The average molecular weight is 282 g/mol. The fourth-order valence-electron chi connectivity index (χ4n) is 1.87. The second-order valence-corrected chi connectivity index (χ2v) is 4.07. The van der Waals surface area contributed by atoms with Gasteiger partial charge in [0.15, 0.2) is 0 Å². The van der Waals surface area contributed by atoms with Crippen molar-refractivity contribution in [1.82, 2.24) is 0 Å². The van der Waals surface area contributed by atoms with Crippen LogP contribution < -0.4 is 0 Å². The zero-order chi connectivity index (χ0) is 15.1.